The van der Waals surface area contributed by atoms with Crippen LogP contribution < -0.4 is 0 Å². The summed E-state index contributed by atoms with van der Waals surface area (Å²) in [5.74, 6) is 1.07. The van der Waals surface area contributed by atoms with E-state index in [1.165, 1.54) is 0 Å². The lowest BCUT2D eigenvalue weighted by Gasteiger charge is -2.18. The van der Waals surface area contributed by atoms with Gasteiger partial charge in [0.25, 0.3) is 0 Å². The molecule has 4 heterocycles. The minimum absolute atomic E-state index is 0.286. The van der Waals surface area contributed by atoms with Crippen LogP contribution in [0, 0.1) is 0 Å². The number of nitrogens with one attached hydrogen (secondary N) is 1. The van der Waals surface area contributed by atoms with Crippen LogP contribution in [-0.2, 0) is 4.74 Å². The first-order valence-electron chi connectivity index (χ1n) is 9.22. The third-order valence-corrected chi connectivity index (χ3v) is 6.10. The number of fused-ring (bicyclic) bond motifs is 1. The molecule has 1 aliphatic heterocycles. The van der Waals surface area contributed by atoms with Crippen molar-refractivity contribution >= 4 is 34.4 Å². The molecule has 0 amide bonds. The summed E-state index contributed by atoms with van der Waals surface area (Å²) >= 11 is 7.58. The monoisotopic (exact) mass is 411 g/mol. The Bertz CT molecular complexity index is 1100. The number of H-pyrrole nitrogens is 1. The van der Waals surface area contributed by atoms with Crippen LogP contribution in [0.25, 0.3) is 22.3 Å². The number of hydrogen-bond acceptors (Lipinski definition) is 5. The van der Waals surface area contributed by atoms with Crippen LogP contribution in [-0.4, -0.2) is 28.2 Å². The van der Waals surface area contributed by atoms with Crippen molar-refractivity contribution in [2.24, 2.45) is 0 Å². The minimum atomic E-state index is 0.286. The second-order valence-electron chi connectivity index (χ2n) is 6.77. The quantitative estimate of drug-likeness (QED) is 0.451. The van der Waals surface area contributed by atoms with Gasteiger partial charge in [-0.05, 0) is 61.0 Å². The first kappa shape index (κ1) is 17.8. The van der Waals surface area contributed by atoms with E-state index in [4.69, 9.17) is 25.7 Å². The molecule has 0 saturated carbocycles. The summed E-state index contributed by atoms with van der Waals surface area (Å²) in [7, 11) is 0. The summed E-state index contributed by atoms with van der Waals surface area (Å²) in [6, 6.07) is 11.8. The Labute approximate surface area is 171 Å². The van der Waals surface area contributed by atoms with Gasteiger partial charge < -0.3 is 14.1 Å². The molecule has 1 aromatic carbocycles. The fourth-order valence-electron chi connectivity index (χ4n) is 3.37. The van der Waals surface area contributed by atoms with Crippen LogP contribution in [0.2, 0.25) is 5.02 Å². The van der Waals surface area contributed by atoms with Gasteiger partial charge in [0.1, 0.15) is 5.69 Å². The summed E-state index contributed by atoms with van der Waals surface area (Å²) in [5, 5.41) is 1.49. The maximum atomic E-state index is 6.26. The fraction of sp³-hybridized carbons (Fsp3) is 0.238. The maximum Gasteiger partial charge on any atom is 0.199 e. The largest absolute Gasteiger partial charge is 0.433 e. The topological polar surface area (TPSA) is 63.9 Å². The van der Waals surface area contributed by atoms with E-state index in [0.717, 1.165) is 64.2 Å². The lowest BCUT2D eigenvalue weighted by molar-refractivity contribution is 0.0786. The van der Waals surface area contributed by atoms with Gasteiger partial charge in [0.05, 0.1) is 11.0 Å². The third kappa shape index (κ3) is 3.55. The van der Waals surface area contributed by atoms with Crippen LogP contribution >= 0.6 is 23.4 Å². The summed E-state index contributed by atoms with van der Waals surface area (Å²) in [6.45, 7) is 1.50. The van der Waals surface area contributed by atoms with Crippen LogP contribution in [0.4, 0.5) is 0 Å². The number of benzene rings is 1. The Hall–Kier alpha value is -2.28. The molecule has 0 atom stereocenters. The Kier molecular flexibility index (Phi) is 4.84. The normalized spacial score (nSPS) is 15.3. The lowest BCUT2D eigenvalue weighted by Crippen LogP contribution is -2.14. The van der Waals surface area contributed by atoms with E-state index in [-0.39, 0.29) is 5.92 Å². The lowest BCUT2D eigenvalue weighted by atomic mass is 10.0. The molecule has 5 nitrogen and oxygen atoms in total. The van der Waals surface area contributed by atoms with E-state index in [2.05, 4.69) is 16.0 Å². The van der Waals surface area contributed by atoms with Gasteiger partial charge in [0, 0.05) is 47.0 Å². The van der Waals surface area contributed by atoms with Crippen molar-refractivity contribution in [3.8, 4) is 11.3 Å². The molecule has 0 radical (unpaired) electrons. The average molecular weight is 412 g/mol. The molecular weight excluding hydrogens is 394 g/mol. The van der Waals surface area contributed by atoms with Crippen molar-refractivity contribution in [2.45, 2.75) is 28.7 Å². The molecule has 1 saturated heterocycles. The second kappa shape index (κ2) is 7.62. The Morgan fingerprint density at radius 2 is 1.93 bits per heavy atom. The molecule has 28 heavy (non-hydrogen) atoms. The summed E-state index contributed by atoms with van der Waals surface area (Å²) in [5.41, 5.74) is 3.68. The predicted molar refractivity (Wildman–Crippen MR) is 110 cm³/mol. The van der Waals surface area contributed by atoms with E-state index < -0.39 is 0 Å². The molecule has 7 heteroatoms. The number of rotatable bonds is 4. The molecule has 0 unspecified atom stereocenters. The van der Waals surface area contributed by atoms with E-state index in [9.17, 15) is 0 Å². The zero-order chi connectivity index (χ0) is 18.9. The molecule has 1 aliphatic rings. The molecule has 3 aromatic heterocycles. The van der Waals surface area contributed by atoms with Crippen molar-refractivity contribution in [2.75, 3.05) is 13.2 Å². The fourth-order valence-corrected chi connectivity index (χ4v) is 4.37. The van der Waals surface area contributed by atoms with Gasteiger partial charge in [-0.1, -0.05) is 11.6 Å². The molecule has 5 rings (SSSR count). The Morgan fingerprint density at radius 3 is 2.75 bits per heavy atom. The molecule has 0 aliphatic carbocycles. The number of halogens is 1. The number of ether oxygens (including phenoxy) is 1. The number of aromatic nitrogens is 3. The minimum Gasteiger partial charge on any atom is -0.433 e. The van der Waals surface area contributed by atoms with Gasteiger partial charge in [-0.3, -0.25) is 4.98 Å². The molecule has 142 valence electrons. The highest BCUT2D eigenvalue weighted by Crippen LogP contribution is 2.40. The molecule has 1 N–H and O–H groups in total. The van der Waals surface area contributed by atoms with Crippen molar-refractivity contribution in [1.29, 1.82) is 0 Å². The molecule has 1 fully saturated rings. The predicted octanol–water partition coefficient (Wildman–Crippen LogP) is 5.92. The van der Waals surface area contributed by atoms with Crippen molar-refractivity contribution < 1.29 is 9.15 Å². The highest BCUT2D eigenvalue weighted by Gasteiger charge is 2.25. The zero-order valence-electron chi connectivity index (χ0n) is 15.0. The number of aromatic amines is 1. The molecule has 0 bridgehead atoms. The van der Waals surface area contributed by atoms with Crippen LogP contribution in [0.5, 0.6) is 0 Å². The zero-order valence-corrected chi connectivity index (χ0v) is 16.6. The Balaban J connectivity index is 1.56. The van der Waals surface area contributed by atoms with E-state index in [0.29, 0.717) is 5.02 Å². The third-order valence-electron chi connectivity index (χ3n) is 4.88. The van der Waals surface area contributed by atoms with Crippen molar-refractivity contribution in [3.05, 3.63) is 59.7 Å². The maximum absolute atomic E-state index is 6.26. The average Bonchev–Trinajstić information content (AvgIpc) is 3.37. The first-order chi connectivity index (χ1) is 13.8. The van der Waals surface area contributed by atoms with Gasteiger partial charge in [0.15, 0.2) is 11.0 Å². The number of nitrogens with zero attached hydrogens (tertiary/aromatic N) is 2. The molecule has 4 aromatic rings. The van der Waals surface area contributed by atoms with Crippen LogP contribution in [0.3, 0.4) is 0 Å². The standard InChI is InChI=1S/C21H18ClN3O2S/c22-15-1-3-16(4-2-15)28-21-19(14-11-18-17(24-12-14)5-8-23-18)25-20(27-21)13-6-9-26-10-7-13/h1-5,8,11-13,23H,6-7,9-10H2. The van der Waals surface area contributed by atoms with Gasteiger partial charge in [0.2, 0.25) is 0 Å². The van der Waals surface area contributed by atoms with E-state index in [1.807, 2.05) is 42.7 Å². The Morgan fingerprint density at radius 1 is 1.11 bits per heavy atom. The van der Waals surface area contributed by atoms with Gasteiger partial charge in [-0.25, -0.2) is 4.98 Å². The highest BCUT2D eigenvalue weighted by atomic mass is 35.5. The molecular formula is C21H18ClN3O2S. The number of pyridine rings is 1. The highest BCUT2D eigenvalue weighted by molar-refractivity contribution is 7.99. The van der Waals surface area contributed by atoms with Gasteiger partial charge in [-0.2, -0.15) is 0 Å². The SMILES string of the molecule is Clc1ccc(Sc2oc(C3CCOCC3)nc2-c2cnc3cc[nH]c3c2)cc1. The summed E-state index contributed by atoms with van der Waals surface area (Å²) in [6.07, 6.45) is 5.60. The second-order valence-corrected chi connectivity index (χ2v) is 8.25. The molecule has 0 spiro atoms. The van der Waals surface area contributed by atoms with Crippen LogP contribution in [0.15, 0.2) is 63.2 Å². The van der Waals surface area contributed by atoms with Crippen molar-refractivity contribution in [1.82, 2.24) is 15.0 Å². The van der Waals surface area contributed by atoms with Gasteiger partial charge in [-0.15, -0.1) is 0 Å². The van der Waals surface area contributed by atoms with Crippen LogP contribution in [0.1, 0.15) is 24.7 Å². The smallest absolute Gasteiger partial charge is 0.199 e. The summed E-state index contributed by atoms with van der Waals surface area (Å²) in [4.78, 5) is 13.7. The van der Waals surface area contributed by atoms with E-state index >= 15 is 0 Å². The number of oxazole rings is 1. The summed E-state index contributed by atoms with van der Waals surface area (Å²) < 4.78 is 11.7. The van der Waals surface area contributed by atoms with Gasteiger partial charge >= 0.3 is 0 Å². The first-order valence-corrected chi connectivity index (χ1v) is 10.4. The number of hydrogen-bond donors (Lipinski definition) is 1. The van der Waals surface area contributed by atoms with Crippen molar-refractivity contribution in [3.63, 3.8) is 0 Å². The van der Waals surface area contributed by atoms with E-state index in [1.54, 1.807) is 11.8 Å².